The third kappa shape index (κ3) is 2.42. The van der Waals surface area contributed by atoms with Crippen LogP contribution in [-0.2, 0) is 0 Å². The lowest BCUT2D eigenvalue weighted by atomic mass is 10.2. The summed E-state index contributed by atoms with van der Waals surface area (Å²) in [7, 11) is 0. The highest BCUT2D eigenvalue weighted by molar-refractivity contribution is 7.09. The molecule has 0 aliphatic heterocycles. The van der Waals surface area contributed by atoms with Gasteiger partial charge in [0.25, 0.3) is 0 Å². The minimum Gasteiger partial charge on any atom is -0.359 e. The largest absolute Gasteiger partial charge is 0.359 e. The van der Waals surface area contributed by atoms with E-state index in [9.17, 15) is 0 Å². The lowest BCUT2D eigenvalue weighted by molar-refractivity contribution is 0.679. The first kappa shape index (κ1) is 9.86. The predicted octanol–water partition coefficient (Wildman–Crippen LogP) is 1.56. The number of hydrogen-bond donors (Lipinski definition) is 2. The monoisotopic (exact) mass is 212 g/mol. The fourth-order valence-corrected chi connectivity index (χ4v) is 1.83. The third-order valence-corrected chi connectivity index (χ3v) is 3.11. The van der Waals surface area contributed by atoms with Crippen molar-refractivity contribution in [3.8, 4) is 0 Å². The average Bonchev–Trinajstić information content (AvgIpc) is 2.95. The fraction of sp³-hybridized carbons (Fsp3) is 0.778. The molecule has 1 heterocycles. The van der Waals surface area contributed by atoms with Gasteiger partial charge in [0.1, 0.15) is 5.82 Å². The maximum absolute atomic E-state index is 5.79. The Kier molecular flexibility index (Phi) is 2.98. The Morgan fingerprint density at radius 3 is 3.07 bits per heavy atom. The number of anilines is 1. The molecule has 0 saturated heterocycles. The Balaban J connectivity index is 1.83. The highest BCUT2D eigenvalue weighted by atomic mass is 32.1. The van der Waals surface area contributed by atoms with E-state index in [1.807, 2.05) is 0 Å². The second-order valence-corrected chi connectivity index (χ2v) is 4.53. The summed E-state index contributed by atoms with van der Waals surface area (Å²) in [5.74, 6) is 1.66. The Morgan fingerprint density at radius 2 is 2.43 bits per heavy atom. The molecule has 2 rings (SSSR count). The molecule has 5 heteroatoms. The second kappa shape index (κ2) is 4.23. The molecule has 1 aliphatic rings. The van der Waals surface area contributed by atoms with Gasteiger partial charge in [0.05, 0.1) is 0 Å². The van der Waals surface area contributed by atoms with Crippen LogP contribution in [0.2, 0.25) is 0 Å². The molecule has 0 radical (unpaired) electrons. The van der Waals surface area contributed by atoms with Gasteiger partial charge in [0, 0.05) is 30.0 Å². The Labute approximate surface area is 88.1 Å². The van der Waals surface area contributed by atoms with Gasteiger partial charge in [-0.2, -0.15) is 4.37 Å². The Bertz CT molecular complexity index is 295. The van der Waals surface area contributed by atoms with Gasteiger partial charge < -0.3 is 11.1 Å². The quantitative estimate of drug-likeness (QED) is 0.777. The zero-order chi connectivity index (χ0) is 9.97. The van der Waals surface area contributed by atoms with Gasteiger partial charge in [-0.1, -0.05) is 6.92 Å². The second-order valence-electron chi connectivity index (χ2n) is 3.78. The SMILES string of the molecule is CCC(N)CNc1nc(C2CC2)ns1. The molecule has 1 unspecified atom stereocenters. The topological polar surface area (TPSA) is 63.8 Å². The van der Waals surface area contributed by atoms with Crippen LogP contribution < -0.4 is 11.1 Å². The molecule has 1 aliphatic carbocycles. The summed E-state index contributed by atoms with van der Waals surface area (Å²) >= 11 is 1.44. The molecule has 4 nitrogen and oxygen atoms in total. The first-order valence-corrected chi connectivity index (χ1v) is 5.90. The van der Waals surface area contributed by atoms with E-state index in [2.05, 4.69) is 21.6 Å². The van der Waals surface area contributed by atoms with E-state index in [-0.39, 0.29) is 6.04 Å². The van der Waals surface area contributed by atoms with Gasteiger partial charge in [0.15, 0.2) is 0 Å². The summed E-state index contributed by atoms with van der Waals surface area (Å²) in [6.07, 6.45) is 3.50. The number of nitrogens with zero attached hydrogens (tertiary/aromatic N) is 2. The van der Waals surface area contributed by atoms with Crippen LogP contribution in [0.5, 0.6) is 0 Å². The number of nitrogens with two attached hydrogens (primary N) is 1. The van der Waals surface area contributed by atoms with E-state index in [1.165, 1.54) is 24.4 Å². The smallest absolute Gasteiger partial charge is 0.202 e. The molecule has 78 valence electrons. The summed E-state index contributed by atoms with van der Waals surface area (Å²) in [6.45, 7) is 2.87. The molecular weight excluding hydrogens is 196 g/mol. The molecule has 1 fully saturated rings. The molecule has 1 atom stereocenters. The molecule has 0 spiro atoms. The van der Waals surface area contributed by atoms with Gasteiger partial charge in [0.2, 0.25) is 5.13 Å². The lowest BCUT2D eigenvalue weighted by Gasteiger charge is -2.07. The number of hydrogen-bond acceptors (Lipinski definition) is 5. The minimum absolute atomic E-state index is 0.211. The number of nitrogens with one attached hydrogen (secondary N) is 1. The normalized spacial score (nSPS) is 18.1. The fourth-order valence-electron chi connectivity index (χ4n) is 1.18. The Hall–Kier alpha value is -0.680. The first-order valence-electron chi connectivity index (χ1n) is 5.12. The van der Waals surface area contributed by atoms with Crippen molar-refractivity contribution in [1.82, 2.24) is 9.36 Å². The van der Waals surface area contributed by atoms with Crippen LogP contribution in [0, 0.1) is 0 Å². The molecule has 1 saturated carbocycles. The van der Waals surface area contributed by atoms with Crippen molar-refractivity contribution < 1.29 is 0 Å². The van der Waals surface area contributed by atoms with Crippen molar-refractivity contribution in [3.05, 3.63) is 5.82 Å². The summed E-state index contributed by atoms with van der Waals surface area (Å²) in [5.41, 5.74) is 5.79. The molecule has 14 heavy (non-hydrogen) atoms. The third-order valence-electron chi connectivity index (χ3n) is 2.42. The highest BCUT2D eigenvalue weighted by Gasteiger charge is 2.27. The highest BCUT2D eigenvalue weighted by Crippen LogP contribution is 2.39. The van der Waals surface area contributed by atoms with Crippen molar-refractivity contribution in [3.63, 3.8) is 0 Å². The zero-order valence-electron chi connectivity index (χ0n) is 8.36. The van der Waals surface area contributed by atoms with Crippen LogP contribution in [-0.4, -0.2) is 21.9 Å². The van der Waals surface area contributed by atoms with Crippen molar-refractivity contribution in [2.24, 2.45) is 5.73 Å². The van der Waals surface area contributed by atoms with Gasteiger partial charge in [-0.3, -0.25) is 0 Å². The van der Waals surface area contributed by atoms with E-state index in [0.29, 0.717) is 5.92 Å². The maximum atomic E-state index is 5.79. The van der Waals surface area contributed by atoms with E-state index in [4.69, 9.17) is 5.73 Å². The van der Waals surface area contributed by atoms with Crippen LogP contribution in [0.4, 0.5) is 5.13 Å². The van der Waals surface area contributed by atoms with Crippen LogP contribution >= 0.6 is 11.5 Å². The molecule has 1 aromatic rings. The molecule has 3 N–H and O–H groups in total. The number of aromatic nitrogens is 2. The lowest BCUT2D eigenvalue weighted by Crippen LogP contribution is -2.27. The van der Waals surface area contributed by atoms with Crippen LogP contribution in [0.15, 0.2) is 0 Å². The van der Waals surface area contributed by atoms with Gasteiger partial charge in [-0.25, -0.2) is 4.98 Å². The summed E-state index contributed by atoms with van der Waals surface area (Å²) in [6, 6.07) is 0.211. The van der Waals surface area contributed by atoms with Crippen molar-refractivity contribution in [1.29, 1.82) is 0 Å². The molecule has 0 bridgehead atoms. The molecule has 0 aromatic carbocycles. The van der Waals surface area contributed by atoms with Gasteiger partial charge in [-0.15, -0.1) is 0 Å². The molecule has 1 aromatic heterocycles. The van der Waals surface area contributed by atoms with E-state index in [0.717, 1.165) is 23.9 Å². The van der Waals surface area contributed by atoms with E-state index < -0.39 is 0 Å². The standard InChI is InChI=1S/C9H16N4S/c1-2-7(10)5-11-9-12-8(13-14-9)6-3-4-6/h6-7H,2-5,10H2,1H3,(H,11,12,13). The molecule has 0 amide bonds. The van der Waals surface area contributed by atoms with E-state index in [1.54, 1.807) is 0 Å². The van der Waals surface area contributed by atoms with Crippen molar-refractivity contribution >= 4 is 16.7 Å². The molecular formula is C9H16N4S. The average molecular weight is 212 g/mol. The van der Waals surface area contributed by atoms with Crippen LogP contribution in [0.3, 0.4) is 0 Å². The number of rotatable bonds is 5. The van der Waals surface area contributed by atoms with E-state index >= 15 is 0 Å². The summed E-state index contributed by atoms with van der Waals surface area (Å²) in [5, 5.41) is 4.13. The Morgan fingerprint density at radius 1 is 1.64 bits per heavy atom. The van der Waals surface area contributed by atoms with Gasteiger partial charge in [-0.05, 0) is 19.3 Å². The first-order chi connectivity index (χ1) is 6.79. The van der Waals surface area contributed by atoms with Crippen molar-refractivity contribution in [2.75, 3.05) is 11.9 Å². The van der Waals surface area contributed by atoms with Crippen LogP contribution in [0.1, 0.15) is 37.9 Å². The van der Waals surface area contributed by atoms with Gasteiger partial charge >= 0.3 is 0 Å². The maximum Gasteiger partial charge on any atom is 0.202 e. The predicted molar refractivity (Wildman–Crippen MR) is 58.6 cm³/mol. The minimum atomic E-state index is 0.211. The zero-order valence-corrected chi connectivity index (χ0v) is 9.18. The van der Waals surface area contributed by atoms with Crippen LogP contribution in [0.25, 0.3) is 0 Å². The summed E-state index contributed by atoms with van der Waals surface area (Å²) in [4.78, 5) is 4.42. The van der Waals surface area contributed by atoms with Crippen molar-refractivity contribution in [2.45, 2.75) is 38.1 Å². The summed E-state index contributed by atoms with van der Waals surface area (Å²) < 4.78 is 4.31.